The van der Waals surface area contributed by atoms with Gasteiger partial charge in [0, 0.05) is 34.7 Å². The van der Waals surface area contributed by atoms with Crippen molar-refractivity contribution in [2.45, 2.75) is 38.1 Å². The molecule has 5 rings (SSSR count). The number of allylic oxidation sites excluding steroid dienone is 2. The number of fused-ring (bicyclic) bond motifs is 3. The van der Waals surface area contributed by atoms with E-state index in [1.807, 2.05) is 6.92 Å². The molecule has 0 radical (unpaired) electrons. The molecule has 208 valence electrons. The molecule has 2 N–H and O–H groups in total. The monoisotopic (exact) mass is 616 g/mol. The molecule has 0 saturated carbocycles. The molecule has 2 aromatic carbocycles. The van der Waals surface area contributed by atoms with E-state index in [1.54, 1.807) is 53.1 Å². The molecule has 1 saturated heterocycles. The number of benzene rings is 2. The van der Waals surface area contributed by atoms with Gasteiger partial charge in [-0.1, -0.05) is 30.1 Å². The smallest absolute Gasteiger partial charge is 0.374 e. The van der Waals surface area contributed by atoms with E-state index in [9.17, 15) is 25.9 Å². The van der Waals surface area contributed by atoms with E-state index < -0.39 is 31.4 Å². The number of rotatable bonds is 8. The zero-order valence-electron chi connectivity index (χ0n) is 20.7. The third-order valence-corrected chi connectivity index (χ3v) is 9.58. The van der Waals surface area contributed by atoms with Crippen molar-refractivity contribution in [2.24, 2.45) is 0 Å². The molecule has 0 bridgehead atoms. The summed E-state index contributed by atoms with van der Waals surface area (Å²) in [6.45, 7) is 2.52. The quantitative estimate of drug-likeness (QED) is 0.206. The Bertz CT molecular complexity index is 1750. The molecule has 39 heavy (non-hydrogen) atoms. The molecule has 2 atom stereocenters. The minimum absolute atomic E-state index is 0.128. The van der Waals surface area contributed by atoms with E-state index in [0.29, 0.717) is 57.3 Å². The Morgan fingerprint density at radius 3 is 2.49 bits per heavy atom. The molecule has 3 heterocycles. The van der Waals surface area contributed by atoms with E-state index in [2.05, 4.69) is 0 Å². The molecule has 0 aliphatic carbocycles. The van der Waals surface area contributed by atoms with Gasteiger partial charge in [0.1, 0.15) is 0 Å². The number of aryl methyl sites for hydroxylation is 1. The van der Waals surface area contributed by atoms with Gasteiger partial charge in [-0.25, -0.2) is 4.48 Å². The maximum atomic E-state index is 12.3. The van der Waals surface area contributed by atoms with Gasteiger partial charge in [0.15, 0.2) is 18.0 Å². The summed E-state index contributed by atoms with van der Waals surface area (Å²) in [5.41, 5.74) is 2.44. The fourth-order valence-corrected chi connectivity index (χ4v) is 7.13. The van der Waals surface area contributed by atoms with Crippen LogP contribution < -0.4 is 13.8 Å². The Morgan fingerprint density at radius 1 is 1.13 bits per heavy atom. The maximum Gasteiger partial charge on any atom is 0.374 e. The molecule has 1 aromatic heterocycles. The van der Waals surface area contributed by atoms with Crippen LogP contribution >= 0.6 is 23.2 Å². The summed E-state index contributed by atoms with van der Waals surface area (Å²) in [5, 5.41) is -0.257. The highest BCUT2D eigenvalue weighted by Crippen LogP contribution is 2.53. The van der Waals surface area contributed by atoms with Crippen LogP contribution in [-0.4, -0.2) is 43.6 Å². The first kappa shape index (κ1) is 28.1. The molecular weight excluding hydrogens is 591 g/mol. The average molecular weight is 618 g/mol. The minimum Gasteiger partial charge on any atom is -0.406 e. The Kier molecular flexibility index (Phi) is 7.34. The van der Waals surface area contributed by atoms with Crippen LogP contribution in [0.5, 0.6) is 5.75 Å². The molecule has 10 nitrogen and oxygen atoms in total. The maximum absolute atomic E-state index is 12.3. The summed E-state index contributed by atoms with van der Waals surface area (Å²) in [5.74, 6) is 0.753. The molecule has 1 spiro atoms. The second-order valence-electron chi connectivity index (χ2n) is 9.46. The number of nitrogens with zero attached hydrogens (tertiary/aromatic N) is 2. The Morgan fingerprint density at radius 2 is 1.85 bits per heavy atom. The standard InChI is InChI=1S/C25H24Cl2N2O8S2/c1-2-16(12-23-28(9-3-11-38(30,31)32)19-14-17(26)4-6-21(19)36-23)13-24-29(10-8-25(29)39(33,34)35)20-15-18(27)5-7-22(20)37-24/h4-7,12-15,25H,2-3,8-11H2,1H3/p+2. The highest BCUT2D eigenvalue weighted by molar-refractivity contribution is 7.86. The van der Waals surface area contributed by atoms with Gasteiger partial charge in [-0.2, -0.15) is 21.4 Å². The molecular formula is C25H26Cl2N2O8S2+2. The van der Waals surface area contributed by atoms with Crippen LogP contribution in [0.15, 0.2) is 58.3 Å². The van der Waals surface area contributed by atoms with Crippen molar-refractivity contribution in [3.8, 4) is 5.75 Å². The number of halogens is 2. The Labute approximate surface area is 235 Å². The summed E-state index contributed by atoms with van der Waals surface area (Å²) < 4.78 is 80.2. The highest BCUT2D eigenvalue weighted by Gasteiger charge is 2.63. The third kappa shape index (κ3) is 5.34. The van der Waals surface area contributed by atoms with Crippen LogP contribution in [0.3, 0.4) is 0 Å². The average Bonchev–Trinajstić information content (AvgIpc) is 3.31. The second-order valence-corrected chi connectivity index (χ2v) is 13.5. The Hall–Kier alpha value is -2.45. The van der Waals surface area contributed by atoms with Crippen molar-refractivity contribution in [1.82, 2.24) is 4.48 Å². The number of oxazole rings is 1. The van der Waals surface area contributed by atoms with Crippen molar-refractivity contribution in [1.29, 1.82) is 0 Å². The fraction of sp³-hybridized carbons (Fsp3) is 0.320. The van der Waals surface area contributed by atoms with Crippen LogP contribution in [0.25, 0.3) is 17.2 Å². The lowest BCUT2D eigenvalue weighted by atomic mass is 10.1. The predicted molar refractivity (Wildman–Crippen MR) is 147 cm³/mol. The lowest BCUT2D eigenvalue weighted by molar-refractivity contribution is -0.677. The topological polar surface area (TPSA) is 135 Å². The summed E-state index contributed by atoms with van der Waals surface area (Å²) in [6.07, 6.45) is 4.36. The number of hydrogen-bond donors (Lipinski definition) is 2. The molecule has 2 aliphatic heterocycles. The normalized spacial score (nSPS) is 22.3. The van der Waals surface area contributed by atoms with Crippen molar-refractivity contribution < 1.29 is 39.7 Å². The number of ether oxygens (including phenoxy) is 1. The fourth-order valence-electron chi connectivity index (χ4n) is 5.12. The highest BCUT2D eigenvalue weighted by atomic mass is 35.5. The van der Waals surface area contributed by atoms with Gasteiger partial charge < -0.3 is 9.15 Å². The number of quaternary nitrogens is 1. The van der Waals surface area contributed by atoms with E-state index in [-0.39, 0.29) is 23.9 Å². The van der Waals surface area contributed by atoms with Gasteiger partial charge in [-0.3, -0.25) is 9.11 Å². The molecule has 2 unspecified atom stereocenters. The summed E-state index contributed by atoms with van der Waals surface area (Å²) in [6, 6.07) is 10.0. The van der Waals surface area contributed by atoms with Crippen molar-refractivity contribution >= 4 is 66.3 Å². The van der Waals surface area contributed by atoms with Crippen molar-refractivity contribution in [2.75, 3.05) is 12.3 Å². The SMILES string of the molecule is CCC(=Cc1oc2ccc(Cl)cc2[n+]1CCCS(=O)(=O)O)C=C1Oc2ccc(Cl)cc2[N+]12CCC2S(=O)(=O)O. The van der Waals surface area contributed by atoms with Crippen LogP contribution in [0.1, 0.15) is 32.1 Å². The lowest BCUT2D eigenvalue weighted by Crippen LogP contribution is -2.67. The molecule has 14 heteroatoms. The summed E-state index contributed by atoms with van der Waals surface area (Å²) >= 11 is 12.4. The van der Waals surface area contributed by atoms with Gasteiger partial charge in [-0.15, -0.1) is 0 Å². The van der Waals surface area contributed by atoms with Crippen LogP contribution in [-0.2, 0) is 26.8 Å². The summed E-state index contributed by atoms with van der Waals surface area (Å²) in [7, 11) is -8.56. The zero-order chi connectivity index (χ0) is 28.2. The summed E-state index contributed by atoms with van der Waals surface area (Å²) in [4.78, 5) is 0. The predicted octanol–water partition coefficient (Wildman–Crippen LogP) is 4.96. The van der Waals surface area contributed by atoms with Gasteiger partial charge in [0.25, 0.3) is 15.6 Å². The third-order valence-electron chi connectivity index (χ3n) is 7.03. The van der Waals surface area contributed by atoms with Gasteiger partial charge in [-0.05, 0) is 36.3 Å². The molecule has 3 aromatic rings. The molecule has 2 aliphatic rings. The minimum atomic E-state index is -4.41. The van der Waals surface area contributed by atoms with Crippen molar-refractivity contribution in [3.63, 3.8) is 0 Å². The van der Waals surface area contributed by atoms with Gasteiger partial charge >= 0.3 is 21.9 Å². The van der Waals surface area contributed by atoms with Gasteiger partial charge in [0.2, 0.25) is 11.0 Å². The van der Waals surface area contributed by atoms with E-state index in [4.69, 9.17) is 32.4 Å². The zero-order valence-corrected chi connectivity index (χ0v) is 23.9. The van der Waals surface area contributed by atoms with E-state index >= 15 is 0 Å². The first-order valence-corrected chi connectivity index (χ1v) is 16.0. The van der Waals surface area contributed by atoms with Crippen LogP contribution in [0.4, 0.5) is 5.69 Å². The number of aromatic nitrogens is 1. The Balaban J connectivity index is 1.60. The van der Waals surface area contributed by atoms with Crippen LogP contribution in [0, 0.1) is 0 Å². The largest absolute Gasteiger partial charge is 0.406 e. The lowest BCUT2D eigenvalue weighted by Gasteiger charge is -2.45. The first-order valence-electron chi connectivity index (χ1n) is 12.1. The first-order chi connectivity index (χ1) is 18.3. The van der Waals surface area contributed by atoms with Gasteiger partial charge in [0.05, 0.1) is 24.8 Å². The number of hydrogen-bond acceptors (Lipinski definition) is 6. The molecule has 1 fully saturated rings. The van der Waals surface area contributed by atoms with Crippen LogP contribution in [0.2, 0.25) is 10.0 Å². The second kappa shape index (κ2) is 10.2. The van der Waals surface area contributed by atoms with Crippen molar-refractivity contribution in [3.05, 3.63) is 69.9 Å². The van der Waals surface area contributed by atoms with E-state index in [0.717, 1.165) is 5.57 Å². The van der Waals surface area contributed by atoms with E-state index in [1.165, 1.54) is 0 Å². The molecule has 0 amide bonds.